The SMILES string of the molecule is Cc1ccc(OCC(=O)NNC(=O)C(NC(=O)C2CCCCC2)C(C)C)cc1. The first kappa shape index (κ1) is 21.7. The molecule has 0 aliphatic heterocycles. The van der Waals surface area contributed by atoms with Crippen LogP contribution in [0.25, 0.3) is 0 Å². The predicted molar refractivity (Wildman–Crippen MR) is 106 cm³/mol. The van der Waals surface area contributed by atoms with Gasteiger partial charge >= 0.3 is 0 Å². The summed E-state index contributed by atoms with van der Waals surface area (Å²) in [7, 11) is 0. The third kappa shape index (κ3) is 6.87. The predicted octanol–water partition coefficient (Wildman–Crippen LogP) is 2.24. The third-order valence-electron chi connectivity index (χ3n) is 4.94. The highest BCUT2D eigenvalue weighted by Gasteiger charge is 2.28. The molecule has 154 valence electrons. The molecule has 3 amide bonds. The van der Waals surface area contributed by atoms with E-state index in [9.17, 15) is 14.4 Å². The lowest BCUT2D eigenvalue weighted by Crippen LogP contribution is -2.55. The quantitative estimate of drug-likeness (QED) is 0.623. The second kappa shape index (κ2) is 10.7. The van der Waals surface area contributed by atoms with Gasteiger partial charge in [0.2, 0.25) is 5.91 Å². The van der Waals surface area contributed by atoms with Crippen LogP contribution >= 0.6 is 0 Å². The second-order valence-electron chi connectivity index (χ2n) is 7.70. The van der Waals surface area contributed by atoms with E-state index in [0.29, 0.717) is 5.75 Å². The number of amides is 3. The first-order valence-electron chi connectivity index (χ1n) is 9.95. The molecule has 1 aromatic carbocycles. The van der Waals surface area contributed by atoms with Gasteiger partial charge in [0.25, 0.3) is 11.8 Å². The Morgan fingerprint density at radius 1 is 1.04 bits per heavy atom. The maximum absolute atomic E-state index is 12.4. The molecule has 1 saturated carbocycles. The first-order chi connectivity index (χ1) is 13.4. The Bertz CT molecular complexity index is 667. The second-order valence-corrected chi connectivity index (χ2v) is 7.70. The molecule has 7 nitrogen and oxygen atoms in total. The number of rotatable bonds is 7. The van der Waals surface area contributed by atoms with Crippen LogP contribution in [0.1, 0.15) is 51.5 Å². The Labute approximate surface area is 166 Å². The molecular formula is C21H31N3O4. The number of carbonyl (C=O) groups is 3. The van der Waals surface area contributed by atoms with Crippen molar-refractivity contribution in [2.75, 3.05) is 6.61 Å². The Kier molecular flexibility index (Phi) is 8.29. The van der Waals surface area contributed by atoms with Gasteiger partial charge in [-0.2, -0.15) is 0 Å². The maximum atomic E-state index is 12.4. The Morgan fingerprint density at radius 3 is 2.29 bits per heavy atom. The van der Waals surface area contributed by atoms with Crippen LogP contribution in [-0.2, 0) is 14.4 Å². The van der Waals surface area contributed by atoms with Gasteiger partial charge in [0, 0.05) is 5.92 Å². The van der Waals surface area contributed by atoms with Crippen LogP contribution in [0.2, 0.25) is 0 Å². The van der Waals surface area contributed by atoms with Crippen molar-refractivity contribution < 1.29 is 19.1 Å². The Hall–Kier alpha value is -2.57. The molecule has 1 fully saturated rings. The average molecular weight is 389 g/mol. The molecule has 0 aromatic heterocycles. The molecule has 1 aliphatic carbocycles. The third-order valence-corrected chi connectivity index (χ3v) is 4.94. The van der Waals surface area contributed by atoms with Crippen LogP contribution in [0.5, 0.6) is 5.75 Å². The van der Waals surface area contributed by atoms with Crippen molar-refractivity contribution in [3.8, 4) is 5.75 Å². The van der Waals surface area contributed by atoms with Gasteiger partial charge in [-0.15, -0.1) is 0 Å². The van der Waals surface area contributed by atoms with Crippen molar-refractivity contribution in [1.82, 2.24) is 16.2 Å². The van der Waals surface area contributed by atoms with Gasteiger partial charge in [-0.25, -0.2) is 0 Å². The highest BCUT2D eigenvalue weighted by molar-refractivity contribution is 5.90. The molecule has 0 bridgehead atoms. The van der Waals surface area contributed by atoms with Gasteiger partial charge in [-0.05, 0) is 37.8 Å². The molecule has 0 spiro atoms. The Balaban J connectivity index is 1.78. The van der Waals surface area contributed by atoms with E-state index >= 15 is 0 Å². The summed E-state index contributed by atoms with van der Waals surface area (Å²) in [5.41, 5.74) is 5.82. The molecule has 1 aliphatic rings. The smallest absolute Gasteiger partial charge is 0.276 e. The van der Waals surface area contributed by atoms with E-state index in [-0.39, 0.29) is 24.3 Å². The van der Waals surface area contributed by atoms with E-state index < -0.39 is 17.9 Å². The van der Waals surface area contributed by atoms with Crippen LogP contribution in [0.15, 0.2) is 24.3 Å². The van der Waals surface area contributed by atoms with Crippen molar-refractivity contribution in [1.29, 1.82) is 0 Å². The molecule has 1 aromatic rings. The summed E-state index contributed by atoms with van der Waals surface area (Å²) >= 11 is 0. The van der Waals surface area contributed by atoms with Crippen LogP contribution in [0.3, 0.4) is 0 Å². The number of nitrogens with one attached hydrogen (secondary N) is 3. The van der Waals surface area contributed by atoms with Gasteiger partial charge in [0.05, 0.1) is 0 Å². The number of benzene rings is 1. The van der Waals surface area contributed by atoms with Crippen molar-refractivity contribution in [3.63, 3.8) is 0 Å². The van der Waals surface area contributed by atoms with E-state index in [0.717, 1.165) is 37.7 Å². The molecule has 1 atom stereocenters. The van der Waals surface area contributed by atoms with Gasteiger partial charge in [-0.3, -0.25) is 25.2 Å². The number of hydrazine groups is 1. The molecular weight excluding hydrogens is 358 g/mol. The number of hydrogen-bond acceptors (Lipinski definition) is 4. The lowest BCUT2D eigenvalue weighted by molar-refractivity contribution is -0.135. The largest absolute Gasteiger partial charge is 0.484 e. The monoisotopic (exact) mass is 389 g/mol. The fraction of sp³-hybridized carbons (Fsp3) is 0.571. The molecule has 0 radical (unpaired) electrons. The van der Waals surface area contributed by atoms with E-state index in [2.05, 4.69) is 16.2 Å². The zero-order valence-corrected chi connectivity index (χ0v) is 16.9. The molecule has 2 rings (SSSR count). The van der Waals surface area contributed by atoms with Crippen molar-refractivity contribution in [2.45, 2.75) is 58.9 Å². The molecule has 1 unspecified atom stereocenters. The minimum atomic E-state index is -0.701. The van der Waals surface area contributed by atoms with E-state index in [1.807, 2.05) is 32.9 Å². The van der Waals surface area contributed by atoms with Gasteiger partial charge in [0.1, 0.15) is 11.8 Å². The molecule has 0 heterocycles. The lowest BCUT2D eigenvalue weighted by atomic mass is 9.88. The minimum absolute atomic E-state index is 0.0275. The maximum Gasteiger partial charge on any atom is 0.276 e. The van der Waals surface area contributed by atoms with Crippen LogP contribution in [0, 0.1) is 18.8 Å². The summed E-state index contributed by atoms with van der Waals surface area (Å²) in [6, 6.07) is 6.62. The molecule has 28 heavy (non-hydrogen) atoms. The van der Waals surface area contributed by atoms with E-state index in [4.69, 9.17) is 4.74 Å². The number of aryl methyl sites for hydroxylation is 1. The summed E-state index contributed by atoms with van der Waals surface area (Å²) in [6.07, 6.45) is 4.99. The van der Waals surface area contributed by atoms with Crippen molar-refractivity contribution in [3.05, 3.63) is 29.8 Å². The van der Waals surface area contributed by atoms with Gasteiger partial charge < -0.3 is 10.1 Å². The standard InChI is InChI=1S/C21H31N3O4/c1-14(2)19(22-20(26)16-7-5-4-6-8-16)21(27)24-23-18(25)13-28-17-11-9-15(3)10-12-17/h9-12,14,16,19H,4-8,13H2,1-3H3,(H,22,26)(H,23,25)(H,24,27). The first-order valence-corrected chi connectivity index (χ1v) is 9.95. The Morgan fingerprint density at radius 2 is 1.68 bits per heavy atom. The molecule has 0 saturated heterocycles. The summed E-state index contributed by atoms with van der Waals surface area (Å²) in [4.78, 5) is 36.8. The zero-order valence-electron chi connectivity index (χ0n) is 16.9. The highest BCUT2D eigenvalue weighted by atomic mass is 16.5. The van der Waals surface area contributed by atoms with Crippen LogP contribution in [0.4, 0.5) is 0 Å². The fourth-order valence-electron chi connectivity index (χ4n) is 3.20. The summed E-state index contributed by atoms with van der Waals surface area (Å²) in [5, 5.41) is 2.84. The number of hydrogen-bond donors (Lipinski definition) is 3. The van der Waals surface area contributed by atoms with E-state index in [1.165, 1.54) is 0 Å². The van der Waals surface area contributed by atoms with Gasteiger partial charge in [-0.1, -0.05) is 50.8 Å². The van der Waals surface area contributed by atoms with Crippen molar-refractivity contribution >= 4 is 17.7 Å². The number of ether oxygens (including phenoxy) is 1. The normalized spacial score (nSPS) is 15.6. The van der Waals surface area contributed by atoms with Crippen LogP contribution in [-0.4, -0.2) is 30.4 Å². The van der Waals surface area contributed by atoms with E-state index in [1.54, 1.807) is 12.1 Å². The van der Waals surface area contributed by atoms with Gasteiger partial charge in [0.15, 0.2) is 6.61 Å². The van der Waals surface area contributed by atoms with Crippen molar-refractivity contribution in [2.24, 2.45) is 11.8 Å². The zero-order chi connectivity index (χ0) is 20.5. The fourth-order valence-corrected chi connectivity index (χ4v) is 3.20. The topological polar surface area (TPSA) is 96.5 Å². The molecule has 3 N–H and O–H groups in total. The van der Waals surface area contributed by atoms with Crippen LogP contribution < -0.4 is 20.9 Å². The highest BCUT2D eigenvalue weighted by Crippen LogP contribution is 2.24. The summed E-state index contributed by atoms with van der Waals surface area (Å²) < 4.78 is 5.37. The summed E-state index contributed by atoms with van der Waals surface area (Å²) in [6.45, 7) is 5.45. The lowest BCUT2D eigenvalue weighted by Gasteiger charge is -2.26. The molecule has 7 heteroatoms. The number of carbonyl (C=O) groups excluding carboxylic acids is 3. The minimum Gasteiger partial charge on any atom is -0.484 e. The average Bonchev–Trinajstić information content (AvgIpc) is 2.70. The summed E-state index contributed by atoms with van der Waals surface area (Å²) in [5.74, 6) is -0.555.